The first-order chi connectivity index (χ1) is 6.40. The molecule has 13 heavy (non-hydrogen) atoms. The van der Waals surface area contributed by atoms with Crippen molar-refractivity contribution >= 4 is 6.21 Å². The Hall–Kier alpha value is -1.71. The van der Waals surface area contributed by atoms with E-state index in [1.54, 1.807) is 18.2 Å². The van der Waals surface area contributed by atoms with Crippen LogP contribution in [0, 0.1) is 0 Å². The SMILES string of the molecule is O/N=C\c1ccc2c(c1)OCCO2. The maximum Gasteiger partial charge on any atom is 0.162 e. The van der Waals surface area contributed by atoms with E-state index in [1.165, 1.54) is 6.21 Å². The van der Waals surface area contributed by atoms with Crippen molar-refractivity contribution < 1.29 is 14.7 Å². The zero-order valence-corrected chi connectivity index (χ0v) is 6.93. The Kier molecular flexibility index (Phi) is 2.04. The molecule has 0 saturated carbocycles. The number of hydrogen-bond donors (Lipinski definition) is 1. The van der Waals surface area contributed by atoms with Crippen LogP contribution in [0.1, 0.15) is 5.56 Å². The highest BCUT2D eigenvalue weighted by Gasteiger charge is 2.10. The van der Waals surface area contributed by atoms with Crippen LogP contribution in [-0.2, 0) is 0 Å². The number of ether oxygens (including phenoxy) is 2. The maximum atomic E-state index is 8.32. The molecule has 1 aliphatic heterocycles. The Morgan fingerprint density at radius 3 is 2.77 bits per heavy atom. The topological polar surface area (TPSA) is 51.1 Å². The number of hydrogen-bond acceptors (Lipinski definition) is 4. The molecule has 68 valence electrons. The smallest absolute Gasteiger partial charge is 0.162 e. The van der Waals surface area contributed by atoms with Crippen LogP contribution in [0.2, 0.25) is 0 Å². The molecule has 0 amide bonds. The van der Waals surface area contributed by atoms with Gasteiger partial charge in [-0.05, 0) is 18.2 Å². The van der Waals surface area contributed by atoms with Gasteiger partial charge in [0.2, 0.25) is 0 Å². The molecule has 0 aromatic heterocycles. The molecule has 0 aliphatic carbocycles. The maximum absolute atomic E-state index is 8.32. The number of fused-ring (bicyclic) bond motifs is 1. The zero-order chi connectivity index (χ0) is 9.10. The van der Waals surface area contributed by atoms with E-state index in [2.05, 4.69) is 5.16 Å². The Labute approximate surface area is 75.4 Å². The monoisotopic (exact) mass is 179 g/mol. The summed E-state index contributed by atoms with van der Waals surface area (Å²) in [6.45, 7) is 1.15. The summed E-state index contributed by atoms with van der Waals surface area (Å²) in [4.78, 5) is 0. The minimum absolute atomic E-state index is 0.562. The van der Waals surface area contributed by atoms with E-state index < -0.39 is 0 Å². The molecule has 1 N–H and O–H groups in total. The molecule has 4 nitrogen and oxygen atoms in total. The number of nitrogens with zero attached hydrogens (tertiary/aromatic N) is 1. The summed E-state index contributed by atoms with van der Waals surface area (Å²) in [6.07, 6.45) is 1.35. The summed E-state index contributed by atoms with van der Waals surface area (Å²) in [5.41, 5.74) is 0.784. The summed E-state index contributed by atoms with van der Waals surface area (Å²) >= 11 is 0. The largest absolute Gasteiger partial charge is 0.486 e. The molecule has 0 fully saturated rings. The van der Waals surface area contributed by atoms with Crippen molar-refractivity contribution in [2.24, 2.45) is 5.16 Å². The fraction of sp³-hybridized carbons (Fsp3) is 0.222. The summed E-state index contributed by atoms with van der Waals surface area (Å²) in [7, 11) is 0. The molecule has 1 aliphatic rings. The molecule has 0 saturated heterocycles. The van der Waals surface area contributed by atoms with Gasteiger partial charge in [0.25, 0.3) is 0 Å². The third kappa shape index (κ3) is 1.56. The molecule has 4 heteroatoms. The minimum atomic E-state index is 0.562. The molecule has 0 radical (unpaired) electrons. The van der Waals surface area contributed by atoms with Gasteiger partial charge in [-0.3, -0.25) is 0 Å². The van der Waals surface area contributed by atoms with Crippen LogP contribution in [0.25, 0.3) is 0 Å². The molecule has 0 bridgehead atoms. The number of rotatable bonds is 1. The van der Waals surface area contributed by atoms with E-state index in [4.69, 9.17) is 14.7 Å². The molecule has 0 spiro atoms. The van der Waals surface area contributed by atoms with Gasteiger partial charge in [-0.1, -0.05) is 5.16 Å². The first-order valence-corrected chi connectivity index (χ1v) is 3.97. The first-order valence-electron chi connectivity index (χ1n) is 3.97. The second kappa shape index (κ2) is 3.35. The van der Waals surface area contributed by atoms with Crippen molar-refractivity contribution in [2.45, 2.75) is 0 Å². The van der Waals surface area contributed by atoms with Gasteiger partial charge in [0, 0.05) is 5.56 Å². The predicted molar refractivity (Wildman–Crippen MR) is 46.8 cm³/mol. The molecule has 0 unspecified atom stereocenters. The average Bonchev–Trinajstić information content (AvgIpc) is 2.18. The molecule has 0 atom stereocenters. The van der Waals surface area contributed by atoms with E-state index in [9.17, 15) is 0 Å². The molecule has 1 aromatic rings. The van der Waals surface area contributed by atoms with E-state index in [1.807, 2.05) is 0 Å². The van der Waals surface area contributed by atoms with Gasteiger partial charge in [0.1, 0.15) is 13.2 Å². The molecular weight excluding hydrogens is 170 g/mol. The van der Waals surface area contributed by atoms with E-state index in [0.717, 1.165) is 11.3 Å². The number of oxime groups is 1. The van der Waals surface area contributed by atoms with Gasteiger partial charge < -0.3 is 14.7 Å². The van der Waals surface area contributed by atoms with Crippen molar-refractivity contribution in [1.82, 2.24) is 0 Å². The Balaban J connectivity index is 2.35. The molecule has 2 rings (SSSR count). The average molecular weight is 179 g/mol. The summed E-state index contributed by atoms with van der Waals surface area (Å²) < 4.78 is 10.7. The van der Waals surface area contributed by atoms with Gasteiger partial charge in [-0.2, -0.15) is 0 Å². The normalized spacial score (nSPS) is 14.8. The predicted octanol–water partition coefficient (Wildman–Crippen LogP) is 1.27. The third-order valence-electron chi connectivity index (χ3n) is 1.77. The van der Waals surface area contributed by atoms with Crippen molar-refractivity contribution in [2.75, 3.05) is 13.2 Å². The van der Waals surface area contributed by atoms with Crippen LogP contribution in [0.15, 0.2) is 23.4 Å². The van der Waals surface area contributed by atoms with E-state index >= 15 is 0 Å². The van der Waals surface area contributed by atoms with Gasteiger partial charge in [-0.15, -0.1) is 0 Å². The highest BCUT2D eigenvalue weighted by Crippen LogP contribution is 2.30. The Morgan fingerprint density at radius 1 is 1.23 bits per heavy atom. The molecule has 1 heterocycles. The lowest BCUT2D eigenvalue weighted by molar-refractivity contribution is 0.171. The second-order valence-corrected chi connectivity index (χ2v) is 2.65. The fourth-order valence-corrected chi connectivity index (χ4v) is 1.21. The highest BCUT2D eigenvalue weighted by atomic mass is 16.6. The van der Waals surface area contributed by atoms with Crippen molar-refractivity contribution in [3.63, 3.8) is 0 Å². The zero-order valence-electron chi connectivity index (χ0n) is 6.93. The molecule has 1 aromatic carbocycles. The van der Waals surface area contributed by atoms with Crippen LogP contribution < -0.4 is 9.47 Å². The van der Waals surface area contributed by atoms with Crippen LogP contribution in [-0.4, -0.2) is 24.6 Å². The standard InChI is InChI=1S/C9H9NO3/c11-10-6-7-1-2-8-9(5-7)13-4-3-12-8/h1-2,5-6,11H,3-4H2/b10-6-. The summed E-state index contributed by atoms with van der Waals surface area (Å²) in [5.74, 6) is 1.44. The third-order valence-corrected chi connectivity index (χ3v) is 1.77. The number of benzene rings is 1. The summed E-state index contributed by atoms with van der Waals surface area (Å²) in [6, 6.07) is 5.37. The fourth-order valence-electron chi connectivity index (χ4n) is 1.21. The van der Waals surface area contributed by atoms with Gasteiger partial charge in [-0.25, -0.2) is 0 Å². The first kappa shape index (κ1) is 7.91. The highest BCUT2D eigenvalue weighted by molar-refractivity contribution is 5.80. The van der Waals surface area contributed by atoms with Crippen molar-refractivity contribution in [1.29, 1.82) is 0 Å². The molecular formula is C9H9NO3. The summed E-state index contributed by atoms with van der Waals surface area (Å²) in [5, 5.41) is 11.3. The lowest BCUT2D eigenvalue weighted by Gasteiger charge is -2.18. The second-order valence-electron chi connectivity index (χ2n) is 2.65. The minimum Gasteiger partial charge on any atom is -0.486 e. The quantitative estimate of drug-likeness (QED) is 0.401. The van der Waals surface area contributed by atoms with Crippen molar-refractivity contribution in [3.05, 3.63) is 23.8 Å². The Morgan fingerprint density at radius 2 is 2.00 bits per heavy atom. The van der Waals surface area contributed by atoms with Gasteiger partial charge in [0.05, 0.1) is 6.21 Å². The van der Waals surface area contributed by atoms with Crippen LogP contribution in [0.4, 0.5) is 0 Å². The lowest BCUT2D eigenvalue weighted by atomic mass is 10.2. The van der Waals surface area contributed by atoms with Crippen LogP contribution in [0.5, 0.6) is 11.5 Å². The van der Waals surface area contributed by atoms with Crippen LogP contribution in [0.3, 0.4) is 0 Å². The lowest BCUT2D eigenvalue weighted by Crippen LogP contribution is -2.15. The van der Waals surface area contributed by atoms with Crippen LogP contribution >= 0.6 is 0 Å². The van der Waals surface area contributed by atoms with Gasteiger partial charge >= 0.3 is 0 Å². The van der Waals surface area contributed by atoms with E-state index in [-0.39, 0.29) is 0 Å². The Bertz CT molecular complexity index is 336. The van der Waals surface area contributed by atoms with Crippen molar-refractivity contribution in [3.8, 4) is 11.5 Å². The van der Waals surface area contributed by atoms with E-state index in [0.29, 0.717) is 19.0 Å². The van der Waals surface area contributed by atoms with Gasteiger partial charge in [0.15, 0.2) is 11.5 Å².